The minimum Gasteiger partial charge on any atom is -0.417 e. The molecule has 0 aliphatic carbocycles. The van der Waals surface area contributed by atoms with Gasteiger partial charge in [0.15, 0.2) is 8.32 Å². The smallest absolute Gasteiger partial charge is 0.191 e. The Morgan fingerprint density at radius 3 is 2.32 bits per heavy atom. The van der Waals surface area contributed by atoms with E-state index < -0.39 is 20.5 Å². The number of rotatable bonds is 6. The van der Waals surface area contributed by atoms with Gasteiger partial charge in [0.05, 0.1) is 22.2 Å². The molecule has 3 N–H and O–H groups in total. The average Bonchev–Trinajstić information content (AvgIpc) is 2.39. The van der Waals surface area contributed by atoms with Crippen LogP contribution in [-0.4, -0.2) is 26.1 Å². The van der Waals surface area contributed by atoms with E-state index in [1.165, 1.54) is 0 Å². The molecule has 0 heterocycles. The van der Waals surface area contributed by atoms with Crippen molar-refractivity contribution in [3.63, 3.8) is 0 Å². The maximum absolute atomic E-state index is 10.3. The zero-order valence-electron chi connectivity index (χ0n) is 14.0. The number of benzene rings is 1. The molecular weight excluding hydrogens is 337 g/mol. The summed E-state index contributed by atoms with van der Waals surface area (Å²) in [5.41, 5.74) is 6.87. The molecule has 3 nitrogen and oxygen atoms in total. The SMILES string of the molecule is CC(C)(C)[Si](C)(C)OCC[C@@H](O)C(N)c1ccc(Cl)c(Cl)c1. The van der Waals surface area contributed by atoms with Gasteiger partial charge in [-0.1, -0.05) is 50.0 Å². The van der Waals surface area contributed by atoms with Crippen LogP contribution in [0.25, 0.3) is 0 Å². The summed E-state index contributed by atoms with van der Waals surface area (Å²) < 4.78 is 6.07. The Labute approximate surface area is 144 Å². The molecule has 0 saturated carbocycles. The number of aliphatic hydroxyl groups excluding tert-OH is 1. The largest absolute Gasteiger partial charge is 0.417 e. The van der Waals surface area contributed by atoms with Gasteiger partial charge in [0, 0.05) is 6.61 Å². The first kappa shape index (κ1) is 19.9. The highest BCUT2D eigenvalue weighted by Gasteiger charge is 2.37. The van der Waals surface area contributed by atoms with Crippen LogP contribution < -0.4 is 5.73 Å². The topological polar surface area (TPSA) is 55.5 Å². The van der Waals surface area contributed by atoms with Gasteiger partial charge in [-0.05, 0) is 42.2 Å². The lowest BCUT2D eigenvalue weighted by atomic mass is 10.0. The van der Waals surface area contributed by atoms with E-state index in [9.17, 15) is 5.11 Å². The maximum Gasteiger partial charge on any atom is 0.191 e. The maximum atomic E-state index is 10.3. The van der Waals surface area contributed by atoms with Crippen LogP contribution in [0.15, 0.2) is 18.2 Å². The van der Waals surface area contributed by atoms with Crippen LogP contribution in [-0.2, 0) is 4.43 Å². The van der Waals surface area contributed by atoms with Gasteiger partial charge in [0.2, 0.25) is 0 Å². The van der Waals surface area contributed by atoms with Gasteiger partial charge in [0.25, 0.3) is 0 Å². The third kappa shape index (κ3) is 5.22. The molecule has 0 amide bonds. The quantitative estimate of drug-likeness (QED) is 0.715. The Bertz CT molecular complexity index is 503. The molecule has 0 aliphatic rings. The predicted octanol–water partition coefficient (Wildman–Crippen LogP) is 4.77. The van der Waals surface area contributed by atoms with Gasteiger partial charge in [-0.15, -0.1) is 0 Å². The lowest BCUT2D eigenvalue weighted by molar-refractivity contribution is 0.111. The Morgan fingerprint density at radius 1 is 1.23 bits per heavy atom. The molecule has 126 valence electrons. The summed E-state index contributed by atoms with van der Waals surface area (Å²) in [6, 6.07) is 4.68. The van der Waals surface area contributed by atoms with Gasteiger partial charge >= 0.3 is 0 Å². The predicted molar refractivity (Wildman–Crippen MR) is 97.2 cm³/mol. The van der Waals surface area contributed by atoms with Crippen LogP contribution in [0.2, 0.25) is 28.2 Å². The third-order valence-electron chi connectivity index (χ3n) is 4.43. The standard InChI is InChI=1S/C16H27Cl2NO2Si/c1-16(2,3)22(4,5)21-9-8-14(20)15(19)11-6-7-12(17)13(18)10-11/h6-7,10,14-15,20H,8-9,19H2,1-5H3/t14-,15?/m1/s1. The fourth-order valence-corrected chi connectivity index (χ4v) is 3.14. The first-order valence-electron chi connectivity index (χ1n) is 7.48. The van der Waals surface area contributed by atoms with E-state index >= 15 is 0 Å². The van der Waals surface area contributed by atoms with Crippen LogP contribution in [0.5, 0.6) is 0 Å². The monoisotopic (exact) mass is 363 g/mol. The number of nitrogens with two attached hydrogens (primary N) is 1. The molecule has 1 aromatic carbocycles. The van der Waals surface area contributed by atoms with Crippen LogP contribution in [0.1, 0.15) is 38.8 Å². The minimum absolute atomic E-state index is 0.157. The van der Waals surface area contributed by atoms with Crippen molar-refractivity contribution >= 4 is 31.5 Å². The minimum atomic E-state index is -1.79. The van der Waals surface area contributed by atoms with Crippen molar-refractivity contribution in [3.8, 4) is 0 Å². The van der Waals surface area contributed by atoms with Gasteiger partial charge in [-0.25, -0.2) is 0 Å². The van der Waals surface area contributed by atoms with Crippen LogP contribution in [0.4, 0.5) is 0 Å². The molecule has 0 aromatic heterocycles. The van der Waals surface area contributed by atoms with Crippen molar-refractivity contribution in [2.45, 2.75) is 57.5 Å². The summed E-state index contributed by atoms with van der Waals surface area (Å²) in [5.74, 6) is 0. The Balaban J connectivity index is 2.58. The third-order valence-corrected chi connectivity index (χ3v) is 9.70. The first-order valence-corrected chi connectivity index (χ1v) is 11.1. The van der Waals surface area contributed by atoms with Crippen LogP contribution >= 0.6 is 23.2 Å². The van der Waals surface area contributed by atoms with Gasteiger partial charge in [0.1, 0.15) is 0 Å². The fraction of sp³-hybridized carbons (Fsp3) is 0.625. The van der Waals surface area contributed by atoms with E-state index in [-0.39, 0.29) is 5.04 Å². The number of hydrogen-bond donors (Lipinski definition) is 2. The van der Waals surface area contributed by atoms with Crippen molar-refractivity contribution in [2.75, 3.05) is 6.61 Å². The molecule has 0 aliphatic heterocycles. The highest BCUT2D eigenvalue weighted by Crippen LogP contribution is 2.36. The van der Waals surface area contributed by atoms with Crippen molar-refractivity contribution in [1.82, 2.24) is 0 Å². The molecule has 0 saturated heterocycles. The Kier molecular flexibility index (Phi) is 6.93. The van der Waals surface area contributed by atoms with Gasteiger partial charge < -0.3 is 15.3 Å². The average molecular weight is 364 g/mol. The first-order chi connectivity index (χ1) is 9.95. The van der Waals surface area contributed by atoms with Crippen LogP contribution in [0.3, 0.4) is 0 Å². The second-order valence-electron chi connectivity index (χ2n) is 7.16. The van der Waals surface area contributed by atoms with E-state index in [0.717, 1.165) is 5.56 Å². The zero-order valence-corrected chi connectivity index (χ0v) is 16.5. The molecule has 1 unspecified atom stereocenters. The van der Waals surface area contributed by atoms with E-state index in [1.807, 2.05) is 0 Å². The molecule has 1 aromatic rings. The molecule has 0 radical (unpaired) electrons. The lowest BCUT2D eigenvalue weighted by Crippen LogP contribution is -2.41. The summed E-state index contributed by atoms with van der Waals surface area (Å²) in [4.78, 5) is 0. The summed E-state index contributed by atoms with van der Waals surface area (Å²) in [6.07, 6.45) is -0.185. The van der Waals surface area contributed by atoms with Crippen molar-refractivity contribution < 1.29 is 9.53 Å². The second-order valence-corrected chi connectivity index (χ2v) is 12.8. The second kappa shape index (κ2) is 7.64. The van der Waals surface area contributed by atoms with E-state index in [4.69, 9.17) is 33.4 Å². The highest BCUT2D eigenvalue weighted by molar-refractivity contribution is 6.74. The Morgan fingerprint density at radius 2 is 1.82 bits per heavy atom. The lowest BCUT2D eigenvalue weighted by Gasteiger charge is -2.36. The molecule has 22 heavy (non-hydrogen) atoms. The molecule has 0 bridgehead atoms. The highest BCUT2D eigenvalue weighted by atomic mass is 35.5. The number of halogens is 2. The van der Waals surface area contributed by atoms with Crippen molar-refractivity contribution in [1.29, 1.82) is 0 Å². The van der Waals surface area contributed by atoms with Gasteiger partial charge in [-0.2, -0.15) is 0 Å². The van der Waals surface area contributed by atoms with E-state index in [0.29, 0.717) is 23.1 Å². The van der Waals surface area contributed by atoms with Crippen molar-refractivity contribution in [3.05, 3.63) is 33.8 Å². The normalized spacial score (nSPS) is 15.7. The summed E-state index contributed by atoms with van der Waals surface area (Å²) in [5, 5.41) is 11.3. The summed E-state index contributed by atoms with van der Waals surface area (Å²) in [7, 11) is -1.79. The molecule has 1 rings (SSSR count). The zero-order chi connectivity index (χ0) is 17.1. The molecule has 6 heteroatoms. The van der Waals surface area contributed by atoms with Gasteiger partial charge in [-0.3, -0.25) is 0 Å². The Hall–Kier alpha value is -0.103. The summed E-state index contributed by atoms with van der Waals surface area (Å²) in [6.45, 7) is 11.5. The molecule has 0 fully saturated rings. The van der Waals surface area contributed by atoms with E-state index in [1.54, 1.807) is 18.2 Å². The number of aliphatic hydroxyl groups is 1. The van der Waals surface area contributed by atoms with Crippen molar-refractivity contribution in [2.24, 2.45) is 5.73 Å². The molecule has 2 atom stereocenters. The molecular formula is C16H27Cl2NO2Si. The number of hydrogen-bond acceptors (Lipinski definition) is 3. The summed E-state index contributed by atoms with van der Waals surface area (Å²) >= 11 is 11.9. The fourth-order valence-electron chi connectivity index (χ4n) is 1.77. The van der Waals surface area contributed by atoms with E-state index in [2.05, 4.69) is 33.9 Å². The molecule has 0 spiro atoms. The van der Waals surface area contributed by atoms with Crippen LogP contribution in [0, 0.1) is 0 Å².